The molecule has 0 spiro atoms. The summed E-state index contributed by atoms with van der Waals surface area (Å²) in [5.74, 6) is 0.731. The minimum absolute atomic E-state index is 0.266. The number of piperidine rings is 1. The van der Waals surface area contributed by atoms with Gasteiger partial charge in [-0.2, -0.15) is 4.98 Å². The van der Waals surface area contributed by atoms with Crippen LogP contribution in [-0.2, 0) is 12.0 Å². The predicted octanol–water partition coefficient (Wildman–Crippen LogP) is 2.54. The number of hydrogen-bond acceptors (Lipinski definition) is 5. The zero-order valence-corrected chi connectivity index (χ0v) is 12.8. The molecule has 0 amide bonds. The number of halogens is 2. The van der Waals surface area contributed by atoms with Crippen molar-refractivity contribution in [2.45, 2.75) is 24.9 Å². The fourth-order valence-electron chi connectivity index (χ4n) is 2.43. The molecule has 0 aliphatic carbocycles. The Labute approximate surface area is 132 Å². The van der Waals surface area contributed by atoms with Crippen molar-refractivity contribution in [1.82, 2.24) is 15.5 Å². The van der Waals surface area contributed by atoms with Gasteiger partial charge in [-0.25, -0.2) is 0 Å². The molecule has 3 rings (SSSR count). The van der Waals surface area contributed by atoms with E-state index in [-0.39, 0.29) is 5.89 Å². The summed E-state index contributed by atoms with van der Waals surface area (Å²) in [4.78, 5) is 4.31. The van der Waals surface area contributed by atoms with Gasteiger partial charge in [0.25, 0.3) is 5.89 Å². The van der Waals surface area contributed by atoms with Gasteiger partial charge in [0.1, 0.15) is 5.60 Å². The topological polar surface area (TPSA) is 71.2 Å². The van der Waals surface area contributed by atoms with Crippen LogP contribution in [0, 0.1) is 0 Å². The van der Waals surface area contributed by atoms with Crippen molar-refractivity contribution >= 4 is 23.2 Å². The zero-order chi connectivity index (χ0) is 14.9. The first-order valence-electron chi connectivity index (χ1n) is 6.77. The summed E-state index contributed by atoms with van der Waals surface area (Å²) >= 11 is 12.3. The molecule has 2 heterocycles. The normalized spacial score (nSPS) is 17.9. The Morgan fingerprint density at radius 2 is 1.90 bits per heavy atom. The first-order chi connectivity index (χ1) is 10.1. The van der Waals surface area contributed by atoms with Crippen LogP contribution in [0.4, 0.5) is 0 Å². The molecule has 1 aromatic heterocycles. The van der Waals surface area contributed by atoms with Crippen molar-refractivity contribution in [2.75, 3.05) is 13.1 Å². The first kappa shape index (κ1) is 14.8. The van der Waals surface area contributed by atoms with E-state index in [1.807, 2.05) is 0 Å². The fraction of sp³-hybridized carbons (Fsp3) is 0.429. The van der Waals surface area contributed by atoms with Crippen LogP contribution in [0.25, 0.3) is 0 Å². The van der Waals surface area contributed by atoms with Crippen LogP contribution >= 0.6 is 23.2 Å². The van der Waals surface area contributed by atoms with Crippen molar-refractivity contribution in [1.29, 1.82) is 0 Å². The molecule has 0 saturated carbocycles. The first-order valence-corrected chi connectivity index (χ1v) is 7.53. The highest BCUT2D eigenvalue weighted by Crippen LogP contribution is 2.30. The van der Waals surface area contributed by atoms with Crippen LogP contribution in [0.1, 0.15) is 30.1 Å². The Morgan fingerprint density at radius 3 is 2.57 bits per heavy atom. The van der Waals surface area contributed by atoms with E-state index in [0.717, 1.165) is 18.7 Å². The number of nitrogens with zero attached hydrogens (tertiary/aromatic N) is 2. The van der Waals surface area contributed by atoms with Gasteiger partial charge in [-0.1, -0.05) is 34.4 Å². The molecule has 0 bridgehead atoms. The van der Waals surface area contributed by atoms with Crippen molar-refractivity contribution in [3.05, 3.63) is 45.5 Å². The molecule has 0 unspecified atom stereocenters. The molecule has 1 fully saturated rings. The van der Waals surface area contributed by atoms with Crippen molar-refractivity contribution in [2.24, 2.45) is 0 Å². The van der Waals surface area contributed by atoms with E-state index < -0.39 is 5.60 Å². The average Bonchev–Trinajstić information content (AvgIpc) is 2.93. The lowest BCUT2D eigenvalue weighted by Crippen LogP contribution is -2.39. The second-order valence-corrected chi connectivity index (χ2v) is 5.99. The molecule has 2 aromatic rings. The summed E-state index contributed by atoms with van der Waals surface area (Å²) in [7, 11) is 0. The summed E-state index contributed by atoms with van der Waals surface area (Å²) < 4.78 is 5.23. The maximum Gasteiger partial charge on any atom is 0.258 e. The maximum absolute atomic E-state index is 10.5. The van der Waals surface area contributed by atoms with E-state index >= 15 is 0 Å². The largest absolute Gasteiger partial charge is 0.380 e. The lowest BCUT2D eigenvalue weighted by Gasteiger charge is -2.28. The van der Waals surface area contributed by atoms with Gasteiger partial charge in [0.15, 0.2) is 5.82 Å². The van der Waals surface area contributed by atoms with Gasteiger partial charge >= 0.3 is 0 Å². The highest BCUT2D eigenvalue weighted by molar-refractivity contribution is 6.36. The molecule has 1 saturated heterocycles. The third-order valence-electron chi connectivity index (χ3n) is 3.69. The quantitative estimate of drug-likeness (QED) is 0.906. The maximum atomic E-state index is 10.5. The fourth-order valence-corrected chi connectivity index (χ4v) is 2.96. The Morgan fingerprint density at radius 1 is 1.24 bits per heavy atom. The third kappa shape index (κ3) is 3.06. The number of nitrogens with one attached hydrogen (secondary N) is 1. The van der Waals surface area contributed by atoms with Gasteiger partial charge in [-0.05, 0) is 43.6 Å². The van der Waals surface area contributed by atoms with E-state index in [1.54, 1.807) is 18.2 Å². The molecular weight excluding hydrogens is 313 g/mol. The van der Waals surface area contributed by atoms with Crippen LogP contribution in [0.3, 0.4) is 0 Å². The smallest absolute Gasteiger partial charge is 0.258 e. The van der Waals surface area contributed by atoms with Gasteiger partial charge in [-0.3, -0.25) is 0 Å². The van der Waals surface area contributed by atoms with Crippen LogP contribution in [0.5, 0.6) is 0 Å². The standard InChI is InChI=1S/C14H15Cl2N3O2/c15-10-2-1-3-11(16)9(10)8-12-18-13(21-19-12)14(20)4-6-17-7-5-14/h1-3,17,20H,4-8H2. The molecule has 21 heavy (non-hydrogen) atoms. The highest BCUT2D eigenvalue weighted by Gasteiger charge is 2.37. The Hall–Kier alpha value is -1.14. The van der Waals surface area contributed by atoms with Crippen LogP contribution in [0.15, 0.2) is 22.7 Å². The van der Waals surface area contributed by atoms with E-state index in [1.165, 1.54) is 0 Å². The molecule has 5 nitrogen and oxygen atoms in total. The summed E-state index contributed by atoms with van der Waals surface area (Å²) in [6.45, 7) is 1.45. The summed E-state index contributed by atoms with van der Waals surface area (Å²) in [6, 6.07) is 5.32. The zero-order valence-electron chi connectivity index (χ0n) is 11.3. The third-order valence-corrected chi connectivity index (χ3v) is 4.40. The number of benzene rings is 1. The van der Waals surface area contributed by atoms with E-state index in [4.69, 9.17) is 27.7 Å². The molecule has 0 radical (unpaired) electrons. The number of aliphatic hydroxyl groups is 1. The van der Waals surface area contributed by atoms with Gasteiger partial charge in [-0.15, -0.1) is 0 Å². The van der Waals surface area contributed by atoms with Crippen LogP contribution in [0.2, 0.25) is 10.0 Å². The minimum Gasteiger partial charge on any atom is -0.380 e. The Balaban J connectivity index is 1.82. The molecule has 1 aliphatic rings. The molecule has 2 N–H and O–H groups in total. The summed E-state index contributed by atoms with van der Waals surface area (Å²) in [6.07, 6.45) is 1.49. The molecule has 1 aliphatic heterocycles. The van der Waals surface area contributed by atoms with Gasteiger partial charge < -0.3 is 14.9 Å². The van der Waals surface area contributed by atoms with Crippen LogP contribution in [-0.4, -0.2) is 28.3 Å². The molecule has 112 valence electrons. The van der Waals surface area contributed by atoms with E-state index in [2.05, 4.69) is 15.5 Å². The monoisotopic (exact) mass is 327 g/mol. The molecular formula is C14H15Cl2N3O2. The van der Waals surface area contributed by atoms with Crippen molar-refractivity contribution in [3.8, 4) is 0 Å². The molecule has 1 aromatic carbocycles. The van der Waals surface area contributed by atoms with Gasteiger partial charge in [0, 0.05) is 16.5 Å². The van der Waals surface area contributed by atoms with E-state index in [9.17, 15) is 5.11 Å². The lowest BCUT2D eigenvalue weighted by molar-refractivity contribution is -0.0228. The summed E-state index contributed by atoms with van der Waals surface area (Å²) in [5, 5.41) is 18.8. The highest BCUT2D eigenvalue weighted by atomic mass is 35.5. The van der Waals surface area contributed by atoms with Crippen molar-refractivity contribution < 1.29 is 9.63 Å². The Kier molecular flexibility index (Phi) is 4.17. The Bertz CT molecular complexity index is 619. The van der Waals surface area contributed by atoms with Crippen LogP contribution < -0.4 is 5.32 Å². The SMILES string of the molecule is OC1(c2nc(Cc3c(Cl)cccc3Cl)no2)CCNCC1. The predicted molar refractivity (Wildman–Crippen MR) is 79.6 cm³/mol. The van der Waals surface area contributed by atoms with Gasteiger partial charge in [0.2, 0.25) is 0 Å². The average molecular weight is 328 g/mol. The number of hydrogen-bond donors (Lipinski definition) is 2. The lowest BCUT2D eigenvalue weighted by atomic mass is 9.92. The van der Waals surface area contributed by atoms with Crippen molar-refractivity contribution in [3.63, 3.8) is 0 Å². The minimum atomic E-state index is -1.04. The second-order valence-electron chi connectivity index (χ2n) is 5.17. The molecule has 0 atom stereocenters. The molecule has 7 heteroatoms. The number of aromatic nitrogens is 2. The van der Waals surface area contributed by atoms with Gasteiger partial charge in [0.05, 0.1) is 0 Å². The van der Waals surface area contributed by atoms with E-state index in [0.29, 0.717) is 35.1 Å². The number of rotatable bonds is 3. The second kappa shape index (κ2) is 5.93. The summed E-state index contributed by atoms with van der Waals surface area (Å²) in [5.41, 5.74) is -0.286.